The van der Waals surface area contributed by atoms with E-state index in [0.29, 0.717) is 22.5 Å². The van der Waals surface area contributed by atoms with Gasteiger partial charge in [0.25, 0.3) is 16.5 Å². The van der Waals surface area contributed by atoms with Crippen LogP contribution in [0.2, 0.25) is 5.02 Å². The van der Waals surface area contributed by atoms with Crippen molar-refractivity contribution in [1.29, 1.82) is 0 Å². The van der Waals surface area contributed by atoms with E-state index in [1.165, 1.54) is 11.8 Å². The van der Waals surface area contributed by atoms with E-state index in [1.807, 2.05) is 18.4 Å². The highest BCUT2D eigenvalue weighted by Crippen LogP contribution is 2.18. The van der Waals surface area contributed by atoms with E-state index in [-0.39, 0.29) is 16.8 Å². The molecule has 0 aliphatic heterocycles. The molecule has 0 unspecified atom stereocenters. The Morgan fingerprint density at radius 1 is 1.30 bits per heavy atom. The SMILES string of the molecule is CSc1nc2c(=O)[nH]c(Cc3ccc(Cl)cc3)nc2o1. The molecule has 0 spiro atoms. The van der Waals surface area contributed by atoms with E-state index in [1.54, 1.807) is 12.1 Å². The number of thioether (sulfide) groups is 1. The Morgan fingerprint density at radius 2 is 2.05 bits per heavy atom. The van der Waals surface area contributed by atoms with Crippen molar-refractivity contribution >= 4 is 34.6 Å². The summed E-state index contributed by atoms with van der Waals surface area (Å²) >= 11 is 7.17. The van der Waals surface area contributed by atoms with E-state index >= 15 is 0 Å². The van der Waals surface area contributed by atoms with Gasteiger partial charge in [0.05, 0.1) is 0 Å². The lowest BCUT2D eigenvalue weighted by molar-refractivity contribution is 0.481. The highest BCUT2D eigenvalue weighted by atomic mass is 35.5. The third-order valence-corrected chi connectivity index (χ3v) is 3.53. The Hall–Kier alpha value is -1.79. The predicted octanol–water partition coefficient (Wildman–Crippen LogP) is 2.88. The van der Waals surface area contributed by atoms with Crippen LogP contribution in [-0.2, 0) is 6.42 Å². The first kappa shape index (κ1) is 13.2. The number of nitrogens with one attached hydrogen (secondary N) is 1. The Kier molecular flexibility index (Phi) is 3.50. The van der Waals surface area contributed by atoms with E-state index in [9.17, 15) is 4.79 Å². The number of oxazole rings is 1. The van der Waals surface area contributed by atoms with Gasteiger partial charge in [-0.15, -0.1) is 0 Å². The molecule has 1 N–H and O–H groups in total. The molecule has 2 heterocycles. The number of benzene rings is 1. The molecule has 0 atom stereocenters. The normalized spacial score (nSPS) is 11.1. The molecule has 0 amide bonds. The monoisotopic (exact) mass is 307 g/mol. The molecule has 0 radical (unpaired) electrons. The number of H-pyrrole nitrogens is 1. The fourth-order valence-corrected chi connectivity index (χ4v) is 2.29. The molecule has 0 fully saturated rings. The van der Waals surface area contributed by atoms with Crippen LogP contribution in [0, 0.1) is 0 Å². The summed E-state index contributed by atoms with van der Waals surface area (Å²) in [5.41, 5.74) is 1.21. The molecule has 0 saturated carbocycles. The quantitative estimate of drug-likeness (QED) is 0.753. The topological polar surface area (TPSA) is 71.8 Å². The van der Waals surface area contributed by atoms with Gasteiger partial charge in [-0.3, -0.25) is 4.79 Å². The van der Waals surface area contributed by atoms with Crippen molar-refractivity contribution in [2.75, 3.05) is 6.26 Å². The zero-order chi connectivity index (χ0) is 14.1. The molecular formula is C13H10ClN3O2S. The largest absolute Gasteiger partial charge is 0.412 e. The minimum absolute atomic E-state index is 0.231. The second kappa shape index (κ2) is 5.30. The Morgan fingerprint density at radius 3 is 2.75 bits per heavy atom. The average Bonchev–Trinajstić information content (AvgIpc) is 2.85. The van der Waals surface area contributed by atoms with Crippen molar-refractivity contribution in [2.24, 2.45) is 0 Å². The van der Waals surface area contributed by atoms with Crippen LogP contribution in [0.3, 0.4) is 0 Å². The number of hydrogen-bond acceptors (Lipinski definition) is 5. The lowest BCUT2D eigenvalue weighted by Crippen LogP contribution is -2.11. The van der Waals surface area contributed by atoms with Gasteiger partial charge < -0.3 is 9.40 Å². The van der Waals surface area contributed by atoms with Crippen LogP contribution in [0.4, 0.5) is 0 Å². The van der Waals surface area contributed by atoms with E-state index in [2.05, 4.69) is 15.0 Å². The molecule has 5 nitrogen and oxygen atoms in total. The van der Waals surface area contributed by atoms with Gasteiger partial charge in [0.1, 0.15) is 5.82 Å². The second-order valence-electron chi connectivity index (χ2n) is 4.15. The Labute approximate surface area is 123 Å². The molecule has 102 valence electrons. The number of aromatic nitrogens is 3. The van der Waals surface area contributed by atoms with Gasteiger partial charge in [-0.2, -0.15) is 9.97 Å². The zero-order valence-electron chi connectivity index (χ0n) is 10.5. The smallest absolute Gasteiger partial charge is 0.280 e. The number of nitrogens with zero attached hydrogens (tertiary/aromatic N) is 2. The number of rotatable bonds is 3. The molecule has 2 aromatic heterocycles. The molecule has 0 saturated heterocycles. The summed E-state index contributed by atoms with van der Waals surface area (Å²) in [6.07, 6.45) is 2.32. The molecule has 1 aromatic carbocycles. The number of halogens is 1. The number of fused-ring (bicyclic) bond motifs is 1. The number of hydrogen-bond donors (Lipinski definition) is 1. The highest BCUT2D eigenvalue weighted by Gasteiger charge is 2.12. The predicted molar refractivity (Wildman–Crippen MR) is 78.5 cm³/mol. The van der Waals surface area contributed by atoms with E-state index < -0.39 is 0 Å². The third kappa shape index (κ3) is 2.57. The second-order valence-corrected chi connectivity index (χ2v) is 5.35. The molecule has 0 bridgehead atoms. The molecule has 3 rings (SSSR count). The molecule has 0 aliphatic rings. The highest BCUT2D eigenvalue weighted by molar-refractivity contribution is 7.98. The molecule has 20 heavy (non-hydrogen) atoms. The van der Waals surface area contributed by atoms with Gasteiger partial charge in [-0.25, -0.2) is 0 Å². The van der Waals surface area contributed by atoms with Crippen LogP contribution >= 0.6 is 23.4 Å². The fraction of sp³-hybridized carbons (Fsp3) is 0.154. The summed E-state index contributed by atoms with van der Waals surface area (Å²) in [6, 6.07) is 7.38. The Balaban J connectivity index is 1.99. The van der Waals surface area contributed by atoms with Gasteiger partial charge in [0, 0.05) is 11.4 Å². The van der Waals surface area contributed by atoms with Crippen LogP contribution in [0.1, 0.15) is 11.4 Å². The first-order valence-electron chi connectivity index (χ1n) is 5.84. The van der Waals surface area contributed by atoms with Crippen LogP contribution in [0.15, 0.2) is 38.7 Å². The van der Waals surface area contributed by atoms with Gasteiger partial charge in [0.15, 0.2) is 5.52 Å². The van der Waals surface area contributed by atoms with Crippen LogP contribution in [0.25, 0.3) is 11.2 Å². The summed E-state index contributed by atoms with van der Waals surface area (Å²) in [6.45, 7) is 0. The summed E-state index contributed by atoms with van der Waals surface area (Å²) < 4.78 is 5.40. The van der Waals surface area contributed by atoms with E-state index in [4.69, 9.17) is 16.0 Å². The maximum atomic E-state index is 11.9. The maximum Gasteiger partial charge on any atom is 0.280 e. The first-order chi connectivity index (χ1) is 9.65. The van der Waals surface area contributed by atoms with Gasteiger partial charge >= 0.3 is 0 Å². The lowest BCUT2D eigenvalue weighted by atomic mass is 10.1. The van der Waals surface area contributed by atoms with Gasteiger partial charge in [-0.05, 0) is 24.0 Å². The summed E-state index contributed by atoms with van der Waals surface area (Å²) in [4.78, 5) is 23.0. The van der Waals surface area contributed by atoms with Crippen LogP contribution in [0.5, 0.6) is 0 Å². The minimum atomic E-state index is -0.289. The van der Waals surface area contributed by atoms with Crippen molar-refractivity contribution in [3.63, 3.8) is 0 Å². The van der Waals surface area contributed by atoms with Gasteiger partial charge in [0.2, 0.25) is 0 Å². The maximum absolute atomic E-state index is 11.9. The first-order valence-corrected chi connectivity index (χ1v) is 7.44. The lowest BCUT2D eigenvalue weighted by Gasteiger charge is -2.00. The van der Waals surface area contributed by atoms with Crippen molar-refractivity contribution in [3.8, 4) is 0 Å². The zero-order valence-corrected chi connectivity index (χ0v) is 12.1. The Bertz CT molecular complexity index is 811. The molecule has 0 aliphatic carbocycles. The minimum Gasteiger partial charge on any atom is -0.412 e. The van der Waals surface area contributed by atoms with Crippen molar-refractivity contribution in [3.05, 3.63) is 51.0 Å². The summed E-state index contributed by atoms with van der Waals surface area (Å²) in [5.74, 6) is 0.536. The molecule has 7 heteroatoms. The van der Waals surface area contributed by atoms with Crippen LogP contribution in [-0.4, -0.2) is 21.2 Å². The number of aromatic amines is 1. The molecular weight excluding hydrogens is 298 g/mol. The van der Waals surface area contributed by atoms with Crippen molar-refractivity contribution in [2.45, 2.75) is 11.6 Å². The van der Waals surface area contributed by atoms with Crippen LogP contribution < -0.4 is 5.56 Å². The van der Waals surface area contributed by atoms with E-state index in [0.717, 1.165) is 5.56 Å². The van der Waals surface area contributed by atoms with Crippen molar-refractivity contribution < 1.29 is 4.42 Å². The third-order valence-electron chi connectivity index (χ3n) is 2.76. The average molecular weight is 308 g/mol. The summed E-state index contributed by atoms with van der Waals surface area (Å²) in [7, 11) is 0. The van der Waals surface area contributed by atoms with Gasteiger partial charge in [-0.1, -0.05) is 35.5 Å². The standard InChI is InChI=1S/C13H10ClN3O2S/c1-20-13-17-10-11(18)15-9(16-12(10)19-13)6-7-2-4-8(14)5-3-7/h2-5H,6H2,1H3,(H,15,16,18). The summed E-state index contributed by atoms with van der Waals surface area (Å²) in [5, 5.41) is 1.10. The fourth-order valence-electron chi connectivity index (χ4n) is 1.82. The van der Waals surface area contributed by atoms with Crippen molar-refractivity contribution in [1.82, 2.24) is 15.0 Å². The molecule has 3 aromatic rings.